The number of urea groups is 1. The molecule has 6 N–H and O–H groups in total. The van der Waals surface area contributed by atoms with Crippen LogP contribution in [-0.2, 0) is 6.18 Å². The van der Waals surface area contributed by atoms with Crippen molar-refractivity contribution in [2.45, 2.75) is 20.0 Å². The fourth-order valence-electron chi connectivity index (χ4n) is 3.12. The van der Waals surface area contributed by atoms with Crippen molar-refractivity contribution in [3.05, 3.63) is 82.8 Å². The summed E-state index contributed by atoms with van der Waals surface area (Å²) in [4.78, 5) is 20.8. The first kappa shape index (κ1) is 28.1. The molecule has 0 aliphatic heterocycles. The van der Waals surface area contributed by atoms with Gasteiger partial charge in [0, 0.05) is 35.5 Å². The summed E-state index contributed by atoms with van der Waals surface area (Å²) < 4.78 is 39.3. The number of hydrogen-bond acceptors (Lipinski definition) is 7. The first-order chi connectivity index (χ1) is 17.8. The second kappa shape index (κ2) is 11.7. The van der Waals surface area contributed by atoms with Gasteiger partial charge in [-0.2, -0.15) is 18.2 Å². The van der Waals surface area contributed by atoms with E-state index in [2.05, 4.69) is 43.1 Å². The molecule has 200 valence electrons. The van der Waals surface area contributed by atoms with E-state index in [4.69, 9.17) is 11.6 Å². The number of halogens is 4. The lowest BCUT2D eigenvalue weighted by Crippen LogP contribution is -2.20. The average molecular weight is 548 g/mol. The van der Waals surface area contributed by atoms with E-state index < -0.39 is 22.8 Å². The molecule has 0 fully saturated rings. The van der Waals surface area contributed by atoms with Crippen LogP contribution in [0.5, 0.6) is 5.75 Å². The fraction of sp³-hybridized carbons (Fsp3) is 0.160. The third kappa shape index (κ3) is 7.53. The number of allylic oxidation sites excluding steroid dienone is 2. The number of aromatic nitrogens is 2. The largest absolute Gasteiger partial charge is 0.503 e. The number of amides is 2. The third-order valence-electron chi connectivity index (χ3n) is 5.11. The SMILES string of the molecule is C=C(/C=C(/C)NC)Nc1nc(Nc2cc(NC(=O)Nc3ccc(Cl)c(C(F)(F)F)c3)ccc2C)ncc1O. The van der Waals surface area contributed by atoms with Gasteiger partial charge in [-0.3, -0.25) is 0 Å². The van der Waals surface area contributed by atoms with Crippen LogP contribution >= 0.6 is 11.6 Å². The van der Waals surface area contributed by atoms with E-state index in [1.807, 2.05) is 13.8 Å². The highest BCUT2D eigenvalue weighted by atomic mass is 35.5. The van der Waals surface area contributed by atoms with Crippen LogP contribution in [0.3, 0.4) is 0 Å². The lowest BCUT2D eigenvalue weighted by atomic mass is 10.2. The summed E-state index contributed by atoms with van der Waals surface area (Å²) in [6.07, 6.45) is -1.72. The lowest BCUT2D eigenvalue weighted by molar-refractivity contribution is -0.137. The van der Waals surface area contributed by atoms with Gasteiger partial charge in [0.1, 0.15) is 0 Å². The van der Waals surface area contributed by atoms with E-state index >= 15 is 0 Å². The van der Waals surface area contributed by atoms with E-state index in [9.17, 15) is 23.1 Å². The number of rotatable bonds is 8. The van der Waals surface area contributed by atoms with Crippen molar-refractivity contribution in [2.24, 2.45) is 0 Å². The van der Waals surface area contributed by atoms with Gasteiger partial charge in [-0.25, -0.2) is 9.78 Å². The first-order valence-electron chi connectivity index (χ1n) is 11.1. The van der Waals surface area contributed by atoms with Gasteiger partial charge >= 0.3 is 12.2 Å². The Kier molecular flexibility index (Phi) is 8.68. The minimum atomic E-state index is -4.66. The summed E-state index contributed by atoms with van der Waals surface area (Å²) >= 11 is 5.62. The number of nitrogens with one attached hydrogen (secondary N) is 5. The minimum Gasteiger partial charge on any atom is -0.503 e. The van der Waals surface area contributed by atoms with Gasteiger partial charge in [-0.1, -0.05) is 24.2 Å². The van der Waals surface area contributed by atoms with Crippen LogP contribution in [-0.4, -0.2) is 28.2 Å². The second-order valence-electron chi connectivity index (χ2n) is 8.08. The van der Waals surface area contributed by atoms with Crippen LogP contribution in [0.4, 0.5) is 46.8 Å². The summed E-state index contributed by atoms with van der Waals surface area (Å²) in [6.45, 7) is 7.53. The number of aryl methyl sites for hydroxylation is 1. The fourth-order valence-corrected chi connectivity index (χ4v) is 3.34. The molecule has 0 saturated heterocycles. The Balaban J connectivity index is 1.73. The van der Waals surface area contributed by atoms with E-state index in [1.54, 1.807) is 31.3 Å². The zero-order valence-corrected chi connectivity index (χ0v) is 21.3. The van der Waals surface area contributed by atoms with Gasteiger partial charge in [0.2, 0.25) is 5.95 Å². The van der Waals surface area contributed by atoms with Crippen molar-refractivity contribution in [3.63, 3.8) is 0 Å². The molecule has 0 aliphatic carbocycles. The molecule has 3 rings (SSSR count). The molecule has 1 heterocycles. The number of alkyl halides is 3. The first-order valence-corrected chi connectivity index (χ1v) is 11.4. The maximum absolute atomic E-state index is 13.1. The number of anilines is 5. The van der Waals surface area contributed by atoms with Crippen molar-refractivity contribution in [1.29, 1.82) is 0 Å². The summed E-state index contributed by atoms with van der Waals surface area (Å²) in [5.74, 6) is 0.0880. The van der Waals surface area contributed by atoms with Crippen LogP contribution in [0, 0.1) is 6.92 Å². The van der Waals surface area contributed by atoms with E-state index in [0.29, 0.717) is 17.1 Å². The second-order valence-corrected chi connectivity index (χ2v) is 8.49. The Morgan fingerprint density at radius 2 is 1.76 bits per heavy atom. The maximum atomic E-state index is 13.1. The zero-order valence-electron chi connectivity index (χ0n) is 20.6. The molecule has 13 heteroatoms. The summed E-state index contributed by atoms with van der Waals surface area (Å²) in [7, 11) is 1.76. The Morgan fingerprint density at radius 3 is 2.42 bits per heavy atom. The molecule has 0 unspecified atom stereocenters. The molecule has 2 aromatic carbocycles. The van der Waals surface area contributed by atoms with Gasteiger partial charge < -0.3 is 31.7 Å². The molecular weight excluding hydrogens is 523 g/mol. The molecule has 2 amide bonds. The van der Waals surface area contributed by atoms with Crippen molar-refractivity contribution < 1.29 is 23.1 Å². The van der Waals surface area contributed by atoms with Crippen molar-refractivity contribution in [2.75, 3.05) is 28.3 Å². The summed E-state index contributed by atoms with van der Waals surface area (Å²) in [5, 5.41) is 23.4. The number of carbonyl (C=O) groups is 1. The van der Waals surface area contributed by atoms with Gasteiger partial charge in [0.15, 0.2) is 11.6 Å². The molecule has 38 heavy (non-hydrogen) atoms. The van der Waals surface area contributed by atoms with Crippen molar-refractivity contribution >= 4 is 46.5 Å². The van der Waals surface area contributed by atoms with Crippen LogP contribution in [0.1, 0.15) is 18.1 Å². The maximum Gasteiger partial charge on any atom is 0.417 e. The Bertz CT molecular complexity index is 1390. The van der Waals surface area contributed by atoms with Gasteiger partial charge in [0.25, 0.3) is 0 Å². The van der Waals surface area contributed by atoms with E-state index in [0.717, 1.165) is 23.4 Å². The Hall–Kier alpha value is -4.45. The van der Waals surface area contributed by atoms with Crippen LogP contribution < -0.4 is 26.6 Å². The molecule has 9 nitrogen and oxygen atoms in total. The monoisotopic (exact) mass is 547 g/mol. The number of carbonyl (C=O) groups excluding carboxylic acids is 1. The summed E-state index contributed by atoms with van der Waals surface area (Å²) in [6, 6.07) is 7.25. The zero-order chi connectivity index (χ0) is 28.0. The normalized spacial score (nSPS) is 11.5. The van der Waals surface area contributed by atoms with Crippen LogP contribution in [0.25, 0.3) is 0 Å². The quantitative estimate of drug-likeness (QED) is 0.176. The molecule has 0 atom stereocenters. The van der Waals surface area contributed by atoms with Crippen LogP contribution in [0.2, 0.25) is 5.02 Å². The smallest absolute Gasteiger partial charge is 0.417 e. The molecular formula is C25H25ClF3N7O2. The molecule has 0 spiro atoms. The predicted molar refractivity (Wildman–Crippen MR) is 143 cm³/mol. The van der Waals surface area contributed by atoms with Gasteiger partial charge in [-0.05, 0) is 55.8 Å². The lowest BCUT2D eigenvalue weighted by Gasteiger charge is -2.14. The predicted octanol–water partition coefficient (Wildman–Crippen LogP) is 6.60. The van der Waals surface area contributed by atoms with Crippen molar-refractivity contribution in [1.82, 2.24) is 15.3 Å². The molecule has 0 radical (unpaired) electrons. The molecule has 0 saturated carbocycles. The molecule has 3 aromatic rings. The van der Waals surface area contributed by atoms with Crippen LogP contribution in [0.15, 0.2) is 66.6 Å². The third-order valence-corrected chi connectivity index (χ3v) is 5.43. The number of aromatic hydroxyl groups is 1. The highest BCUT2D eigenvalue weighted by Gasteiger charge is 2.33. The van der Waals surface area contributed by atoms with E-state index in [1.165, 1.54) is 12.3 Å². The standard InChI is InChI=1S/C25H25ClF3N7O2/c1-13-5-6-17(34-24(38)33-16-7-8-19(26)18(10-16)25(27,28)29)11-20(13)35-23-31-12-21(37)22(36-23)32-15(3)9-14(2)30-4/h5-12,30,37H,3H2,1-2,4H3,(H2,33,34,38)(H2,31,32,35,36)/b14-9-. The molecule has 0 aliphatic rings. The topological polar surface area (TPSA) is 123 Å². The highest BCUT2D eigenvalue weighted by Crippen LogP contribution is 2.36. The van der Waals surface area contributed by atoms with Crippen molar-refractivity contribution in [3.8, 4) is 5.75 Å². The Morgan fingerprint density at radius 1 is 1.11 bits per heavy atom. The summed E-state index contributed by atoms with van der Waals surface area (Å²) in [5.41, 5.74) is 1.85. The minimum absolute atomic E-state index is 0.0800. The van der Waals surface area contributed by atoms with E-state index in [-0.39, 0.29) is 23.2 Å². The number of benzene rings is 2. The number of hydrogen-bond donors (Lipinski definition) is 6. The highest BCUT2D eigenvalue weighted by molar-refractivity contribution is 6.31. The van der Waals surface area contributed by atoms with Gasteiger partial charge in [0.05, 0.1) is 16.8 Å². The van der Waals surface area contributed by atoms with Gasteiger partial charge in [-0.15, -0.1) is 0 Å². The Labute approximate surface area is 221 Å². The average Bonchev–Trinajstić information content (AvgIpc) is 2.83. The molecule has 0 bridgehead atoms. The molecule has 1 aromatic heterocycles. The number of nitrogens with zero attached hydrogens (tertiary/aromatic N) is 2.